The van der Waals surface area contributed by atoms with Crippen molar-refractivity contribution in [3.63, 3.8) is 0 Å². The Bertz CT molecular complexity index is 914. The Morgan fingerprint density at radius 1 is 0.950 bits per heavy atom. The van der Waals surface area contributed by atoms with Gasteiger partial charge in [0.25, 0.3) is 0 Å². The summed E-state index contributed by atoms with van der Waals surface area (Å²) in [6, 6.07) is 8.12. The number of hydrogen-bond donors (Lipinski definition) is 0. The number of fused-ring (bicyclic) bond motifs is 3. The lowest BCUT2D eigenvalue weighted by Gasteiger charge is -2.04. The second-order valence-corrected chi connectivity index (χ2v) is 4.99. The van der Waals surface area contributed by atoms with Crippen molar-refractivity contribution in [2.75, 3.05) is 0 Å². The molecule has 0 N–H and O–H groups in total. The van der Waals surface area contributed by atoms with Gasteiger partial charge in [0.2, 0.25) is 0 Å². The van der Waals surface area contributed by atoms with Gasteiger partial charge in [0.05, 0.1) is 6.26 Å². The quantitative estimate of drug-likeness (QED) is 0.515. The van der Waals surface area contributed by atoms with Crippen molar-refractivity contribution in [3.05, 3.63) is 48.0 Å². The molecule has 0 radical (unpaired) electrons. The molecule has 3 heterocycles. The molecule has 3 aromatic heterocycles. The smallest absolute Gasteiger partial charge is 0.198 e. The van der Waals surface area contributed by atoms with Crippen LogP contribution in [-0.2, 0) is 0 Å². The Balaban J connectivity index is 2.08. The molecule has 4 rings (SSSR count). The first-order valence-corrected chi connectivity index (χ1v) is 6.42. The third-order valence-corrected chi connectivity index (χ3v) is 3.36. The van der Waals surface area contributed by atoms with Crippen LogP contribution in [0, 0.1) is 13.8 Å². The standard InChI is InChI=1S/C16H12N2O2/c1-9-5-10(2)7-11(6-9)13-16-14(18-8-17-13)15-12(20-16)3-4-19-15/h3-8H,1-2H3. The third kappa shape index (κ3) is 1.54. The minimum Gasteiger partial charge on any atom is -0.458 e. The van der Waals surface area contributed by atoms with Crippen molar-refractivity contribution >= 4 is 22.3 Å². The Morgan fingerprint density at radius 2 is 1.75 bits per heavy atom. The van der Waals surface area contributed by atoms with E-state index in [-0.39, 0.29) is 0 Å². The van der Waals surface area contributed by atoms with E-state index in [1.807, 2.05) is 0 Å². The molecule has 0 unspecified atom stereocenters. The number of aryl methyl sites for hydroxylation is 2. The molecule has 0 aliphatic carbocycles. The molecule has 0 atom stereocenters. The molecule has 4 aromatic rings. The van der Waals surface area contributed by atoms with Gasteiger partial charge in [0.1, 0.15) is 12.0 Å². The largest absolute Gasteiger partial charge is 0.458 e. The summed E-state index contributed by atoms with van der Waals surface area (Å²) in [5.74, 6) is 0. The van der Waals surface area contributed by atoms with Gasteiger partial charge in [-0.3, -0.25) is 0 Å². The molecule has 0 saturated heterocycles. The minimum absolute atomic E-state index is 0.673. The Hall–Kier alpha value is -2.62. The fourth-order valence-corrected chi connectivity index (χ4v) is 2.61. The molecule has 0 amide bonds. The average molecular weight is 264 g/mol. The zero-order valence-corrected chi connectivity index (χ0v) is 11.2. The molecule has 4 nitrogen and oxygen atoms in total. The summed E-state index contributed by atoms with van der Waals surface area (Å²) in [5, 5.41) is 0. The van der Waals surface area contributed by atoms with Gasteiger partial charge in [-0.1, -0.05) is 17.2 Å². The summed E-state index contributed by atoms with van der Waals surface area (Å²) in [6.07, 6.45) is 3.15. The van der Waals surface area contributed by atoms with E-state index in [9.17, 15) is 0 Å². The number of furan rings is 2. The summed E-state index contributed by atoms with van der Waals surface area (Å²) >= 11 is 0. The lowest BCUT2D eigenvalue weighted by atomic mass is 10.0. The maximum atomic E-state index is 5.84. The van der Waals surface area contributed by atoms with Crippen LogP contribution in [0.3, 0.4) is 0 Å². The maximum Gasteiger partial charge on any atom is 0.198 e. The van der Waals surface area contributed by atoms with E-state index in [2.05, 4.69) is 42.0 Å². The summed E-state index contributed by atoms with van der Waals surface area (Å²) in [4.78, 5) is 8.66. The molecule has 20 heavy (non-hydrogen) atoms. The predicted octanol–water partition coefficient (Wildman–Crippen LogP) is 4.25. The second kappa shape index (κ2) is 3.93. The van der Waals surface area contributed by atoms with Crippen LogP contribution in [-0.4, -0.2) is 9.97 Å². The summed E-state index contributed by atoms with van der Waals surface area (Å²) in [6.45, 7) is 4.14. The fourth-order valence-electron chi connectivity index (χ4n) is 2.61. The van der Waals surface area contributed by atoms with Crippen molar-refractivity contribution in [1.29, 1.82) is 0 Å². The number of aromatic nitrogens is 2. The van der Waals surface area contributed by atoms with Gasteiger partial charge in [-0.2, -0.15) is 0 Å². The lowest BCUT2D eigenvalue weighted by Crippen LogP contribution is -1.88. The highest BCUT2D eigenvalue weighted by atomic mass is 16.4. The molecule has 0 spiro atoms. The van der Waals surface area contributed by atoms with Gasteiger partial charge in [-0.25, -0.2) is 9.97 Å². The normalized spacial score (nSPS) is 11.5. The van der Waals surface area contributed by atoms with Crippen LogP contribution in [0.1, 0.15) is 11.1 Å². The van der Waals surface area contributed by atoms with Crippen LogP contribution >= 0.6 is 0 Å². The van der Waals surface area contributed by atoms with Crippen molar-refractivity contribution in [3.8, 4) is 11.3 Å². The van der Waals surface area contributed by atoms with Crippen LogP contribution < -0.4 is 0 Å². The van der Waals surface area contributed by atoms with Crippen molar-refractivity contribution in [2.24, 2.45) is 0 Å². The summed E-state index contributed by atoms with van der Waals surface area (Å²) in [7, 11) is 0. The molecule has 0 saturated carbocycles. The van der Waals surface area contributed by atoms with Crippen LogP contribution in [0.4, 0.5) is 0 Å². The van der Waals surface area contributed by atoms with Crippen LogP contribution in [0.15, 0.2) is 45.7 Å². The van der Waals surface area contributed by atoms with E-state index in [0.717, 1.165) is 11.3 Å². The van der Waals surface area contributed by atoms with Crippen LogP contribution in [0.2, 0.25) is 0 Å². The number of hydrogen-bond acceptors (Lipinski definition) is 4. The Kier molecular flexibility index (Phi) is 2.21. The first kappa shape index (κ1) is 11.2. The zero-order valence-electron chi connectivity index (χ0n) is 11.2. The van der Waals surface area contributed by atoms with E-state index < -0.39 is 0 Å². The van der Waals surface area contributed by atoms with E-state index >= 15 is 0 Å². The second-order valence-electron chi connectivity index (χ2n) is 4.99. The molecule has 0 aliphatic heterocycles. The highest BCUT2D eigenvalue weighted by Crippen LogP contribution is 2.33. The molecule has 0 fully saturated rings. The number of benzene rings is 1. The number of rotatable bonds is 1. The van der Waals surface area contributed by atoms with Crippen LogP contribution in [0.25, 0.3) is 33.5 Å². The van der Waals surface area contributed by atoms with E-state index in [1.165, 1.54) is 11.1 Å². The lowest BCUT2D eigenvalue weighted by molar-refractivity contribution is 0.615. The first-order chi connectivity index (χ1) is 9.72. The highest BCUT2D eigenvalue weighted by molar-refractivity contribution is 6.03. The molecular weight excluding hydrogens is 252 g/mol. The van der Waals surface area contributed by atoms with Crippen molar-refractivity contribution < 1.29 is 8.83 Å². The molecule has 4 heteroatoms. The topological polar surface area (TPSA) is 52.1 Å². The average Bonchev–Trinajstić information content (AvgIpc) is 2.97. The molecule has 0 bridgehead atoms. The highest BCUT2D eigenvalue weighted by Gasteiger charge is 2.16. The molecule has 98 valence electrons. The Morgan fingerprint density at radius 3 is 2.55 bits per heavy atom. The number of nitrogens with zero attached hydrogens (tertiary/aromatic N) is 2. The van der Waals surface area contributed by atoms with Crippen LogP contribution in [0.5, 0.6) is 0 Å². The minimum atomic E-state index is 0.673. The van der Waals surface area contributed by atoms with Crippen molar-refractivity contribution in [1.82, 2.24) is 9.97 Å². The van der Waals surface area contributed by atoms with Gasteiger partial charge in [0, 0.05) is 11.6 Å². The molecular formula is C16H12N2O2. The third-order valence-electron chi connectivity index (χ3n) is 3.36. The molecule has 1 aromatic carbocycles. The van der Waals surface area contributed by atoms with Gasteiger partial charge >= 0.3 is 0 Å². The maximum absolute atomic E-state index is 5.84. The summed E-state index contributed by atoms with van der Waals surface area (Å²) < 4.78 is 11.3. The van der Waals surface area contributed by atoms with E-state index in [4.69, 9.17) is 8.83 Å². The Labute approximate surface area is 115 Å². The monoisotopic (exact) mass is 264 g/mol. The SMILES string of the molecule is Cc1cc(C)cc(-c2ncnc3c2oc2ccoc23)c1. The first-order valence-electron chi connectivity index (χ1n) is 6.42. The van der Waals surface area contributed by atoms with Gasteiger partial charge < -0.3 is 8.83 Å². The van der Waals surface area contributed by atoms with E-state index in [1.54, 1.807) is 18.7 Å². The fraction of sp³-hybridized carbons (Fsp3) is 0.125. The van der Waals surface area contributed by atoms with Gasteiger partial charge in [-0.05, 0) is 26.0 Å². The summed E-state index contributed by atoms with van der Waals surface area (Å²) in [5.41, 5.74) is 6.99. The van der Waals surface area contributed by atoms with Crippen molar-refractivity contribution in [2.45, 2.75) is 13.8 Å². The van der Waals surface area contributed by atoms with Gasteiger partial charge in [0.15, 0.2) is 22.3 Å². The predicted molar refractivity (Wildman–Crippen MR) is 76.5 cm³/mol. The van der Waals surface area contributed by atoms with E-state index in [0.29, 0.717) is 22.3 Å². The van der Waals surface area contributed by atoms with Gasteiger partial charge in [-0.15, -0.1) is 0 Å². The molecule has 0 aliphatic rings. The zero-order chi connectivity index (χ0) is 13.7.